The van der Waals surface area contributed by atoms with Crippen molar-refractivity contribution in [1.82, 2.24) is 0 Å². The first kappa shape index (κ1) is 7.43. The smallest absolute Gasteiger partial charge is 0.0398 e. The Balaban J connectivity index is 2.10. The normalized spacial score (nSPS) is 21.4. The van der Waals surface area contributed by atoms with E-state index in [-0.39, 0.29) is 0 Å². The van der Waals surface area contributed by atoms with Crippen molar-refractivity contribution in [2.45, 2.75) is 19.3 Å². The first-order chi connectivity index (χ1) is 6.43. The van der Waals surface area contributed by atoms with Crippen LogP contribution in [0.15, 0.2) is 24.3 Å². The Bertz CT molecular complexity index is 311. The Morgan fingerprint density at radius 2 is 1.85 bits per heavy atom. The number of rotatable bonds is 0. The number of nitrogens with zero attached hydrogens (tertiary/aromatic N) is 1. The fourth-order valence-corrected chi connectivity index (χ4v) is 2.68. The summed E-state index contributed by atoms with van der Waals surface area (Å²) in [7, 11) is 0. The van der Waals surface area contributed by atoms with Gasteiger partial charge in [-0.2, -0.15) is 0 Å². The van der Waals surface area contributed by atoms with Crippen molar-refractivity contribution in [3.8, 4) is 0 Å². The van der Waals surface area contributed by atoms with Crippen LogP contribution in [0.2, 0.25) is 0 Å². The van der Waals surface area contributed by atoms with Crippen LogP contribution in [0.4, 0.5) is 5.69 Å². The predicted octanol–water partition coefficient (Wildman–Crippen LogP) is 2.46. The average molecular weight is 173 g/mol. The molecule has 1 saturated heterocycles. The number of fused-ring (bicyclic) bond motifs is 2. The molecule has 0 aromatic heterocycles. The Labute approximate surface area is 79.4 Å². The van der Waals surface area contributed by atoms with Gasteiger partial charge < -0.3 is 4.90 Å². The standard InChI is InChI=1S/C12H15N/c1-2-4-12-11(3-1)9-10-5-7-13(12)8-6-10/h1-4,10H,5-9H2. The highest BCUT2D eigenvalue weighted by atomic mass is 15.1. The lowest BCUT2D eigenvalue weighted by molar-refractivity contribution is 0.420. The molecule has 2 bridgehead atoms. The lowest BCUT2D eigenvalue weighted by atomic mass is 9.93. The quantitative estimate of drug-likeness (QED) is 0.582. The summed E-state index contributed by atoms with van der Waals surface area (Å²) in [4.78, 5) is 2.55. The fraction of sp³-hybridized carbons (Fsp3) is 0.500. The van der Waals surface area contributed by atoms with Crippen LogP contribution in [0.3, 0.4) is 0 Å². The monoisotopic (exact) mass is 173 g/mol. The molecule has 0 spiro atoms. The molecule has 3 aliphatic heterocycles. The molecule has 0 unspecified atom stereocenters. The van der Waals surface area contributed by atoms with Crippen molar-refractivity contribution in [2.75, 3.05) is 18.0 Å². The van der Waals surface area contributed by atoms with E-state index in [4.69, 9.17) is 0 Å². The zero-order valence-electron chi connectivity index (χ0n) is 7.87. The van der Waals surface area contributed by atoms with E-state index < -0.39 is 0 Å². The number of anilines is 1. The molecular weight excluding hydrogens is 158 g/mol. The van der Waals surface area contributed by atoms with E-state index in [0.717, 1.165) is 5.92 Å². The van der Waals surface area contributed by atoms with Crippen LogP contribution in [0, 0.1) is 5.92 Å². The van der Waals surface area contributed by atoms with Crippen LogP contribution in [-0.2, 0) is 6.42 Å². The van der Waals surface area contributed by atoms with Gasteiger partial charge in [-0.25, -0.2) is 0 Å². The van der Waals surface area contributed by atoms with Crippen molar-refractivity contribution >= 4 is 5.69 Å². The molecule has 0 aliphatic carbocycles. The van der Waals surface area contributed by atoms with Gasteiger partial charge in [0.15, 0.2) is 0 Å². The van der Waals surface area contributed by atoms with E-state index in [9.17, 15) is 0 Å². The first-order valence-electron chi connectivity index (χ1n) is 5.26. The lowest BCUT2D eigenvalue weighted by Crippen LogP contribution is -2.31. The van der Waals surface area contributed by atoms with E-state index in [2.05, 4.69) is 29.2 Å². The highest BCUT2D eigenvalue weighted by Crippen LogP contribution is 2.34. The first-order valence-corrected chi connectivity index (χ1v) is 5.26. The van der Waals surface area contributed by atoms with Gasteiger partial charge in [0.1, 0.15) is 0 Å². The topological polar surface area (TPSA) is 3.24 Å². The van der Waals surface area contributed by atoms with Gasteiger partial charge in [0.05, 0.1) is 0 Å². The summed E-state index contributed by atoms with van der Waals surface area (Å²) in [5.74, 6) is 0.958. The minimum Gasteiger partial charge on any atom is -0.371 e. The van der Waals surface area contributed by atoms with Crippen molar-refractivity contribution in [3.05, 3.63) is 29.8 Å². The molecule has 0 N–H and O–H groups in total. The highest BCUT2D eigenvalue weighted by molar-refractivity contribution is 5.55. The highest BCUT2D eigenvalue weighted by Gasteiger charge is 2.25. The fourth-order valence-electron chi connectivity index (χ4n) is 2.68. The molecule has 0 radical (unpaired) electrons. The third kappa shape index (κ3) is 1.14. The number of piperidine rings is 1. The van der Waals surface area contributed by atoms with Crippen molar-refractivity contribution in [1.29, 1.82) is 0 Å². The van der Waals surface area contributed by atoms with Crippen molar-refractivity contribution in [3.63, 3.8) is 0 Å². The van der Waals surface area contributed by atoms with Crippen LogP contribution in [0.25, 0.3) is 0 Å². The number of benzene rings is 1. The molecular formula is C12H15N. The minimum atomic E-state index is 0.958. The summed E-state index contributed by atoms with van der Waals surface area (Å²) in [5, 5.41) is 0. The molecule has 3 aliphatic rings. The third-order valence-electron chi connectivity index (χ3n) is 3.46. The summed E-state index contributed by atoms with van der Waals surface area (Å²) >= 11 is 0. The van der Waals surface area contributed by atoms with Gasteiger partial charge in [-0.15, -0.1) is 0 Å². The Morgan fingerprint density at radius 3 is 2.69 bits per heavy atom. The number of para-hydroxylation sites is 1. The lowest BCUT2D eigenvalue weighted by Gasteiger charge is -2.29. The second-order valence-corrected chi connectivity index (χ2v) is 4.26. The molecule has 4 rings (SSSR count). The zero-order valence-corrected chi connectivity index (χ0v) is 7.87. The van der Waals surface area contributed by atoms with Gasteiger partial charge in [0, 0.05) is 18.8 Å². The second kappa shape index (κ2) is 2.76. The summed E-state index contributed by atoms with van der Waals surface area (Å²) in [6, 6.07) is 8.91. The van der Waals surface area contributed by atoms with Crippen molar-refractivity contribution < 1.29 is 0 Å². The molecule has 0 saturated carbocycles. The number of hydrogen-bond donors (Lipinski definition) is 0. The second-order valence-electron chi connectivity index (χ2n) is 4.26. The van der Waals surface area contributed by atoms with Gasteiger partial charge in [0.2, 0.25) is 0 Å². The molecule has 1 aromatic rings. The van der Waals surface area contributed by atoms with E-state index >= 15 is 0 Å². The molecule has 0 amide bonds. The van der Waals surface area contributed by atoms with E-state index in [0.29, 0.717) is 0 Å². The molecule has 1 aromatic carbocycles. The van der Waals surface area contributed by atoms with Gasteiger partial charge in [0.25, 0.3) is 0 Å². The van der Waals surface area contributed by atoms with Crippen LogP contribution in [0.1, 0.15) is 18.4 Å². The Kier molecular flexibility index (Phi) is 1.58. The zero-order chi connectivity index (χ0) is 8.67. The Hall–Kier alpha value is -0.980. The van der Waals surface area contributed by atoms with Crippen LogP contribution >= 0.6 is 0 Å². The summed E-state index contributed by atoms with van der Waals surface area (Å²) < 4.78 is 0. The molecule has 13 heavy (non-hydrogen) atoms. The van der Waals surface area contributed by atoms with Crippen molar-refractivity contribution in [2.24, 2.45) is 5.92 Å². The van der Waals surface area contributed by atoms with E-state index in [1.54, 1.807) is 5.56 Å². The van der Waals surface area contributed by atoms with E-state index in [1.807, 2.05) is 0 Å². The van der Waals surface area contributed by atoms with Crippen LogP contribution < -0.4 is 4.90 Å². The van der Waals surface area contributed by atoms with Gasteiger partial charge in [-0.1, -0.05) is 18.2 Å². The number of hydrogen-bond acceptors (Lipinski definition) is 1. The average Bonchev–Trinajstić information content (AvgIpc) is 2.46. The van der Waals surface area contributed by atoms with Gasteiger partial charge in [-0.3, -0.25) is 0 Å². The summed E-state index contributed by atoms with van der Waals surface area (Å²) in [6.45, 7) is 2.56. The molecule has 0 atom stereocenters. The molecule has 1 fully saturated rings. The Morgan fingerprint density at radius 1 is 1.08 bits per heavy atom. The van der Waals surface area contributed by atoms with Gasteiger partial charge >= 0.3 is 0 Å². The van der Waals surface area contributed by atoms with Crippen LogP contribution in [-0.4, -0.2) is 13.1 Å². The summed E-state index contributed by atoms with van der Waals surface area (Å²) in [6.07, 6.45) is 4.11. The van der Waals surface area contributed by atoms with Gasteiger partial charge in [-0.05, 0) is 36.8 Å². The maximum atomic E-state index is 2.55. The molecule has 1 nitrogen and oxygen atoms in total. The van der Waals surface area contributed by atoms with E-state index in [1.165, 1.54) is 38.0 Å². The molecule has 1 heteroatoms. The van der Waals surface area contributed by atoms with Crippen LogP contribution in [0.5, 0.6) is 0 Å². The maximum Gasteiger partial charge on any atom is 0.0398 e. The summed E-state index contributed by atoms with van der Waals surface area (Å²) in [5.41, 5.74) is 3.07. The largest absolute Gasteiger partial charge is 0.371 e. The minimum absolute atomic E-state index is 0.958. The maximum absolute atomic E-state index is 2.55. The molecule has 3 heterocycles. The predicted molar refractivity (Wildman–Crippen MR) is 55.1 cm³/mol. The SMILES string of the molecule is c1ccc2c(c1)CC1CCN2CC1. The third-order valence-corrected chi connectivity index (χ3v) is 3.46. The molecule has 68 valence electrons.